The van der Waals surface area contributed by atoms with Gasteiger partial charge in [-0.25, -0.2) is 0 Å². The summed E-state index contributed by atoms with van der Waals surface area (Å²) in [5, 5.41) is 8.24. The van der Waals surface area contributed by atoms with Crippen LogP contribution in [-0.4, -0.2) is 9.13 Å². The van der Waals surface area contributed by atoms with E-state index in [2.05, 4.69) is 4.99 Å². The maximum atomic E-state index is 8.24. The smallest absolute Gasteiger partial charge is 0.220 e. The third-order valence-electron chi connectivity index (χ3n) is 1.29. The largest absolute Gasteiger partial charge is 0.320 e. The second-order valence-electron chi connectivity index (χ2n) is 2.03. The molecule has 0 amide bonds. The highest BCUT2D eigenvalue weighted by atomic mass is 15.2. The molecule has 0 fully saturated rings. The van der Waals surface area contributed by atoms with Crippen LogP contribution in [-0.2, 0) is 14.1 Å². The number of rotatable bonds is 0. The Morgan fingerprint density at radius 3 is 2.30 bits per heavy atom. The summed E-state index contributed by atoms with van der Waals surface area (Å²) in [5.74, 6) is 0. The normalized spacial score (nSPS) is 8.90. The molecule has 4 nitrogen and oxygen atoms in total. The average Bonchev–Trinajstić information content (AvgIpc) is 2.20. The minimum Gasteiger partial charge on any atom is -0.320 e. The summed E-state index contributed by atoms with van der Waals surface area (Å²) in [4.78, 5) is 3.60. The molecule has 0 aliphatic carbocycles. The highest BCUT2D eigenvalue weighted by Gasteiger charge is 1.89. The number of nitrogens with zero attached hydrogens (tertiary/aromatic N) is 4. The van der Waals surface area contributed by atoms with Crippen LogP contribution in [0.2, 0.25) is 0 Å². The molecule has 10 heavy (non-hydrogen) atoms. The highest BCUT2D eigenvalue weighted by molar-refractivity contribution is 4.80. The number of aromatic nitrogens is 2. The van der Waals surface area contributed by atoms with Crippen molar-refractivity contribution in [2.24, 2.45) is 19.1 Å². The third-order valence-corrected chi connectivity index (χ3v) is 1.29. The van der Waals surface area contributed by atoms with Gasteiger partial charge in [0, 0.05) is 26.5 Å². The van der Waals surface area contributed by atoms with E-state index in [-0.39, 0.29) is 0 Å². The van der Waals surface area contributed by atoms with E-state index in [9.17, 15) is 0 Å². The fraction of sp³-hybridized carbons (Fsp3) is 0.333. The zero-order valence-corrected chi connectivity index (χ0v) is 5.94. The Hall–Kier alpha value is -1.50. The van der Waals surface area contributed by atoms with E-state index in [1.165, 1.54) is 0 Å². The van der Waals surface area contributed by atoms with Gasteiger partial charge in [-0.15, -0.1) is 4.99 Å². The van der Waals surface area contributed by atoms with Gasteiger partial charge >= 0.3 is 0 Å². The molecule has 0 saturated carbocycles. The summed E-state index contributed by atoms with van der Waals surface area (Å²) in [6, 6.07) is 0. The molecule has 0 bridgehead atoms. The Labute approximate surface area is 58.7 Å². The zero-order chi connectivity index (χ0) is 7.56. The number of hydrogen-bond donors (Lipinski definition) is 0. The Morgan fingerprint density at radius 2 is 1.90 bits per heavy atom. The molecular weight excluding hydrogens is 128 g/mol. The van der Waals surface area contributed by atoms with Gasteiger partial charge in [-0.05, 0) is 0 Å². The SMILES string of the molecule is Cn1ccn(C)c1=NC#N. The average molecular weight is 136 g/mol. The van der Waals surface area contributed by atoms with Gasteiger partial charge in [-0.2, -0.15) is 5.26 Å². The quantitative estimate of drug-likeness (QED) is 0.453. The molecule has 0 aliphatic heterocycles. The lowest BCUT2D eigenvalue weighted by atomic mass is 10.9. The summed E-state index contributed by atoms with van der Waals surface area (Å²) in [6.45, 7) is 0. The molecule has 0 aromatic carbocycles. The number of hydrogen-bond acceptors (Lipinski definition) is 2. The zero-order valence-electron chi connectivity index (χ0n) is 5.94. The fourth-order valence-corrected chi connectivity index (χ4v) is 0.785. The van der Waals surface area contributed by atoms with Gasteiger partial charge in [0.15, 0.2) is 0 Å². The first kappa shape index (κ1) is 6.62. The molecule has 0 unspecified atom stereocenters. The van der Waals surface area contributed by atoms with Crippen LogP contribution >= 0.6 is 0 Å². The molecule has 0 radical (unpaired) electrons. The van der Waals surface area contributed by atoms with Crippen LogP contribution in [0.3, 0.4) is 0 Å². The van der Waals surface area contributed by atoms with Crippen molar-refractivity contribution in [1.82, 2.24) is 9.13 Å². The van der Waals surface area contributed by atoms with E-state index in [0.717, 1.165) is 0 Å². The predicted molar refractivity (Wildman–Crippen MR) is 35.6 cm³/mol. The first-order valence-corrected chi connectivity index (χ1v) is 2.86. The Bertz CT molecular complexity index is 300. The molecule has 1 rings (SSSR count). The van der Waals surface area contributed by atoms with E-state index in [4.69, 9.17) is 5.26 Å². The summed E-state index contributed by atoms with van der Waals surface area (Å²) in [6.07, 6.45) is 5.42. The van der Waals surface area contributed by atoms with Crippen molar-refractivity contribution in [3.63, 3.8) is 0 Å². The molecule has 1 aromatic rings. The van der Waals surface area contributed by atoms with Gasteiger partial charge in [0.05, 0.1) is 0 Å². The molecule has 0 spiro atoms. The molecule has 4 heteroatoms. The predicted octanol–water partition coefficient (Wildman–Crippen LogP) is -0.255. The van der Waals surface area contributed by atoms with E-state index in [1.54, 1.807) is 15.3 Å². The highest BCUT2D eigenvalue weighted by Crippen LogP contribution is 1.75. The van der Waals surface area contributed by atoms with Crippen LogP contribution in [0.5, 0.6) is 0 Å². The molecular formula is C6H8N4. The number of nitriles is 1. The van der Waals surface area contributed by atoms with Crippen molar-refractivity contribution in [1.29, 1.82) is 5.26 Å². The summed E-state index contributed by atoms with van der Waals surface area (Å²) >= 11 is 0. The molecule has 0 saturated heterocycles. The minimum absolute atomic E-state index is 0.655. The minimum atomic E-state index is 0.655. The van der Waals surface area contributed by atoms with Crippen molar-refractivity contribution in [2.45, 2.75) is 0 Å². The summed E-state index contributed by atoms with van der Waals surface area (Å²) < 4.78 is 3.56. The first-order valence-electron chi connectivity index (χ1n) is 2.86. The van der Waals surface area contributed by atoms with Gasteiger partial charge in [0.1, 0.15) is 0 Å². The lowest BCUT2D eigenvalue weighted by molar-refractivity contribution is 0.746. The summed E-state index contributed by atoms with van der Waals surface area (Å²) in [7, 11) is 3.69. The van der Waals surface area contributed by atoms with Crippen LogP contribution in [0.15, 0.2) is 17.4 Å². The number of imidazole rings is 1. The molecule has 1 heterocycles. The van der Waals surface area contributed by atoms with Crippen LogP contribution in [0.1, 0.15) is 0 Å². The van der Waals surface area contributed by atoms with Gasteiger partial charge in [0.25, 0.3) is 0 Å². The van der Waals surface area contributed by atoms with Crippen LogP contribution in [0.4, 0.5) is 0 Å². The van der Waals surface area contributed by atoms with Crippen molar-refractivity contribution >= 4 is 0 Å². The van der Waals surface area contributed by atoms with Gasteiger partial charge in [0.2, 0.25) is 11.8 Å². The molecule has 0 aliphatic rings. The van der Waals surface area contributed by atoms with Gasteiger partial charge < -0.3 is 9.13 Å². The molecule has 1 aromatic heterocycles. The fourth-order valence-electron chi connectivity index (χ4n) is 0.785. The van der Waals surface area contributed by atoms with Gasteiger partial charge in [-0.1, -0.05) is 0 Å². The lowest BCUT2D eigenvalue weighted by Gasteiger charge is -1.88. The van der Waals surface area contributed by atoms with E-state index >= 15 is 0 Å². The Morgan fingerprint density at radius 1 is 1.40 bits per heavy atom. The Kier molecular flexibility index (Phi) is 1.59. The third kappa shape index (κ3) is 0.935. The van der Waals surface area contributed by atoms with Crippen LogP contribution < -0.4 is 5.62 Å². The maximum Gasteiger partial charge on any atom is 0.220 e. The topological polar surface area (TPSA) is 46.0 Å². The molecule has 52 valence electrons. The van der Waals surface area contributed by atoms with E-state index in [1.807, 2.05) is 26.5 Å². The standard InChI is InChI=1S/C6H8N4/c1-9-3-4-10(2)6(9)8-5-7/h3-4H,1-2H3. The first-order chi connectivity index (χ1) is 4.75. The van der Waals surface area contributed by atoms with Crippen molar-refractivity contribution in [3.8, 4) is 6.19 Å². The maximum absolute atomic E-state index is 8.24. The van der Waals surface area contributed by atoms with E-state index < -0.39 is 0 Å². The second kappa shape index (κ2) is 2.40. The second-order valence-corrected chi connectivity index (χ2v) is 2.03. The van der Waals surface area contributed by atoms with Crippen molar-refractivity contribution < 1.29 is 0 Å². The summed E-state index contributed by atoms with van der Waals surface area (Å²) in [5.41, 5.74) is 0.655. The van der Waals surface area contributed by atoms with Crippen molar-refractivity contribution in [3.05, 3.63) is 18.0 Å². The lowest BCUT2D eigenvalue weighted by Crippen LogP contribution is -2.20. The molecule has 0 atom stereocenters. The monoisotopic (exact) mass is 136 g/mol. The van der Waals surface area contributed by atoms with Crippen LogP contribution in [0, 0.1) is 11.5 Å². The molecule has 0 N–H and O–H groups in total. The number of aryl methyl sites for hydroxylation is 2. The van der Waals surface area contributed by atoms with E-state index in [0.29, 0.717) is 5.62 Å². The Balaban J connectivity index is 3.40. The van der Waals surface area contributed by atoms with Crippen LogP contribution in [0.25, 0.3) is 0 Å². The van der Waals surface area contributed by atoms with Crippen molar-refractivity contribution in [2.75, 3.05) is 0 Å². The van der Waals surface area contributed by atoms with Gasteiger partial charge in [-0.3, -0.25) is 0 Å².